The molecule has 0 unspecified atom stereocenters. The van der Waals surface area contributed by atoms with E-state index in [1.54, 1.807) is 25.1 Å². The Kier molecular flexibility index (Phi) is 4.26. The Morgan fingerprint density at radius 2 is 1.96 bits per heavy atom. The van der Waals surface area contributed by atoms with Gasteiger partial charge in [0.15, 0.2) is 0 Å². The highest BCUT2D eigenvalue weighted by Gasteiger charge is 2.34. The average Bonchev–Trinajstić information content (AvgIpc) is 3.08. The highest BCUT2D eigenvalue weighted by molar-refractivity contribution is 5.83. The van der Waals surface area contributed by atoms with Crippen LogP contribution in [0.5, 0.6) is 5.88 Å². The van der Waals surface area contributed by atoms with E-state index in [0.29, 0.717) is 16.8 Å². The Hall–Kier alpha value is -3.17. The predicted octanol–water partition coefficient (Wildman–Crippen LogP) is 2.93. The fourth-order valence-corrected chi connectivity index (χ4v) is 2.30. The van der Waals surface area contributed by atoms with Crippen LogP contribution in [0.1, 0.15) is 12.6 Å². The van der Waals surface area contributed by atoms with Gasteiger partial charge in [0, 0.05) is 17.3 Å². The number of tetrazole rings is 1. The number of nitrogen functional groups attached to an aromatic ring is 1. The van der Waals surface area contributed by atoms with E-state index in [1.807, 2.05) is 0 Å². The molecule has 3 N–H and O–H groups in total. The number of benzene rings is 1. The van der Waals surface area contributed by atoms with Gasteiger partial charge < -0.3 is 10.5 Å². The van der Waals surface area contributed by atoms with Gasteiger partial charge in [0.2, 0.25) is 11.7 Å². The van der Waals surface area contributed by atoms with Crippen molar-refractivity contribution < 1.29 is 17.9 Å². The lowest BCUT2D eigenvalue weighted by atomic mass is 9.98. The Labute approximate surface area is 140 Å². The third-order valence-corrected chi connectivity index (χ3v) is 3.33. The molecule has 0 aliphatic carbocycles. The van der Waals surface area contributed by atoms with E-state index in [9.17, 15) is 13.2 Å². The molecular formula is C15H13F3N6O. The molecule has 0 amide bonds. The SMILES string of the molecule is CCOc1cc(-c2ccc(N)cc2-c2nn[nH]n2)cc(C(F)(F)F)n1. The van der Waals surface area contributed by atoms with E-state index in [0.717, 1.165) is 6.07 Å². The Balaban J connectivity index is 2.21. The lowest BCUT2D eigenvalue weighted by molar-refractivity contribution is -0.141. The topological polar surface area (TPSA) is 103 Å². The lowest BCUT2D eigenvalue weighted by Crippen LogP contribution is -2.09. The summed E-state index contributed by atoms with van der Waals surface area (Å²) in [6.45, 7) is 1.85. The number of nitrogens with two attached hydrogens (primary N) is 1. The number of pyridine rings is 1. The zero-order chi connectivity index (χ0) is 18.0. The zero-order valence-electron chi connectivity index (χ0n) is 13.0. The van der Waals surface area contributed by atoms with Gasteiger partial charge in [-0.1, -0.05) is 6.07 Å². The van der Waals surface area contributed by atoms with Crippen molar-refractivity contribution >= 4 is 5.69 Å². The normalized spacial score (nSPS) is 11.5. The van der Waals surface area contributed by atoms with Crippen LogP contribution in [-0.2, 0) is 6.18 Å². The van der Waals surface area contributed by atoms with E-state index in [1.165, 1.54) is 6.07 Å². The van der Waals surface area contributed by atoms with E-state index < -0.39 is 11.9 Å². The monoisotopic (exact) mass is 350 g/mol. The second-order valence-corrected chi connectivity index (χ2v) is 5.05. The fourth-order valence-electron chi connectivity index (χ4n) is 2.30. The lowest BCUT2D eigenvalue weighted by Gasteiger charge is -2.13. The maximum Gasteiger partial charge on any atom is 0.433 e. The molecule has 0 atom stereocenters. The standard InChI is InChI=1S/C15H13F3N6O/c1-2-25-13-6-8(5-12(20-13)15(16,17)18)10-4-3-9(19)7-11(10)14-21-23-24-22-14/h3-7H,2,19H2,1H3,(H,21,22,23,24). The summed E-state index contributed by atoms with van der Waals surface area (Å²) in [6, 6.07) is 7.10. The summed E-state index contributed by atoms with van der Waals surface area (Å²) in [7, 11) is 0. The van der Waals surface area contributed by atoms with Gasteiger partial charge in [0.1, 0.15) is 5.69 Å². The smallest absolute Gasteiger partial charge is 0.433 e. The maximum atomic E-state index is 13.2. The number of H-pyrrole nitrogens is 1. The first-order chi connectivity index (χ1) is 11.9. The van der Waals surface area contributed by atoms with Crippen LogP contribution in [0.15, 0.2) is 30.3 Å². The third kappa shape index (κ3) is 3.52. The number of hydrogen-bond donors (Lipinski definition) is 2. The number of rotatable bonds is 4. The number of aromatic amines is 1. The highest BCUT2D eigenvalue weighted by Crippen LogP contribution is 2.37. The molecule has 2 heterocycles. The third-order valence-electron chi connectivity index (χ3n) is 3.33. The summed E-state index contributed by atoms with van der Waals surface area (Å²) in [6.07, 6.45) is -4.61. The molecule has 0 bridgehead atoms. The first-order valence-corrected chi connectivity index (χ1v) is 7.24. The first kappa shape index (κ1) is 16.7. The molecule has 25 heavy (non-hydrogen) atoms. The number of nitrogens with one attached hydrogen (secondary N) is 1. The van der Waals surface area contributed by atoms with E-state index >= 15 is 0 Å². The van der Waals surface area contributed by atoms with Gasteiger partial charge in [0.05, 0.1) is 6.61 Å². The number of ether oxygens (including phenoxy) is 1. The van der Waals surface area contributed by atoms with Gasteiger partial charge >= 0.3 is 6.18 Å². The number of aromatic nitrogens is 5. The Bertz CT molecular complexity index is 879. The second kappa shape index (κ2) is 6.38. The van der Waals surface area contributed by atoms with Crippen LogP contribution in [0, 0.1) is 0 Å². The van der Waals surface area contributed by atoms with Crippen LogP contribution >= 0.6 is 0 Å². The van der Waals surface area contributed by atoms with Gasteiger partial charge in [-0.05, 0) is 41.5 Å². The minimum Gasteiger partial charge on any atom is -0.478 e. The van der Waals surface area contributed by atoms with E-state index in [4.69, 9.17) is 10.5 Å². The largest absolute Gasteiger partial charge is 0.478 e. The first-order valence-electron chi connectivity index (χ1n) is 7.24. The molecule has 0 radical (unpaired) electrons. The van der Waals surface area contributed by atoms with Crippen molar-refractivity contribution in [2.45, 2.75) is 13.1 Å². The molecule has 10 heteroatoms. The van der Waals surface area contributed by atoms with Crippen LogP contribution in [0.3, 0.4) is 0 Å². The van der Waals surface area contributed by atoms with Crippen LogP contribution in [0.25, 0.3) is 22.5 Å². The fraction of sp³-hybridized carbons (Fsp3) is 0.200. The van der Waals surface area contributed by atoms with Crippen molar-refractivity contribution in [1.29, 1.82) is 0 Å². The van der Waals surface area contributed by atoms with E-state index in [-0.39, 0.29) is 23.9 Å². The van der Waals surface area contributed by atoms with Crippen molar-refractivity contribution in [2.24, 2.45) is 0 Å². The van der Waals surface area contributed by atoms with Crippen molar-refractivity contribution in [1.82, 2.24) is 25.6 Å². The van der Waals surface area contributed by atoms with Crippen LogP contribution in [0.4, 0.5) is 18.9 Å². The van der Waals surface area contributed by atoms with Crippen molar-refractivity contribution in [3.63, 3.8) is 0 Å². The maximum absolute atomic E-state index is 13.2. The van der Waals surface area contributed by atoms with Crippen LogP contribution in [-0.4, -0.2) is 32.2 Å². The van der Waals surface area contributed by atoms with Gasteiger partial charge in [0.25, 0.3) is 0 Å². The summed E-state index contributed by atoms with van der Waals surface area (Å²) < 4.78 is 44.7. The molecule has 130 valence electrons. The number of nitrogens with zero attached hydrogens (tertiary/aromatic N) is 4. The number of hydrogen-bond acceptors (Lipinski definition) is 6. The molecular weight excluding hydrogens is 337 g/mol. The summed E-state index contributed by atoms with van der Waals surface area (Å²) in [5.41, 5.74) is 6.29. The summed E-state index contributed by atoms with van der Waals surface area (Å²) in [5, 5.41) is 13.5. The van der Waals surface area contributed by atoms with Gasteiger partial charge in [-0.15, -0.1) is 10.2 Å². The molecule has 7 nitrogen and oxygen atoms in total. The Morgan fingerprint density at radius 3 is 2.60 bits per heavy atom. The van der Waals surface area contributed by atoms with E-state index in [2.05, 4.69) is 25.6 Å². The molecule has 0 saturated heterocycles. The summed E-state index contributed by atoms with van der Waals surface area (Å²) >= 11 is 0. The van der Waals surface area contributed by atoms with Gasteiger partial charge in [-0.2, -0.15) is 18.4 Å². The van der Waals surface area contributed by atoms with Crippen molar-refractivity contribution in [3.8, 4) is 28.4 Å². The number of alkyl halides is 3. The molecule has 0 saturated carbocycles. The molecule has 3 aromatic rings. The summed E-state index contributed by atoms with van der Waals surface area (Å²) in [5.74, 6) is 0.0915. The molecule has 1 aromatic carbocycles. The van der Waals surface area contributed by atoms with Crippen molar-refractivity contribution in [2.75, 3.05) is 12.3 Å². The predicted molar refractivity (Wildman–Crippen MR) is 83.4 cm³/mol. The second-order valence-electron chi connectivity index (χ2n) is 5.05. The minimum absolute atomic E-state index is 0.122. The molecule has 0 aliphatic heterocycles. The zero-order valence-corrected chi connectivity index (χ0v) is 13.0. The van der Waals surface area contributed by atoms with Gasteiger partial charge in [-0.3, -0.25) is 0 Å². The van der Waals surface area contributed by atoms with Gasteiger partial charge in [-0.25, -0.2) is 4.98 Å². The molecule has 0 fully saturated rings. The molecule has 3 rings (SSSR count). The Morgan fingerprint density at radius 1 is 1.16 bits per heavy atom. The molecule has 0 spiro atoms. The number of anilines is 1. The minimum atomic E-state index is -4.61. The average molecular weight is 350 g/mol. The van der Waals surface area contributed by atoms with Crippen LogP contribution < -0.4 is 10.5 Å². The highest BCUT2D eigenvalue weighted by atomic mass is 19.4. The molecule has 0 aliphatic rings. The van der Waals surface area contributed by atoms with Crippen LogP contribution in [0.2, 0.25) is 0 Å². The molecule has 2 aromatic heterocycles. The summed E-state index contributed by atoms with van der Waals surface area (Å²) in [4.78, 5) is 3.51. The quantitative estimate of drug-likeness (QED) is 0.702. The van der Waals surface area contributed by atoms with Crippen molar-refractivity contribution in [3.05, 3.63) is 36.0 Å². The number of halogens is 3.